The van der Waals surface area contributed by atoms with Crippen molar-refractivity contribution in [3.8, 4) is 11.5 Å². The molecular formula is C18H17N5O3. The molecule has 8 heteroatoms. The third-order valence-corrected chi connectivity index (χ3v) is 3.43. The van der Waals surface area contributed by atoms with Crippen LogP contribution in [-0.4, -0.2) is 34.4 Å². The maximum atomic E-state index is 11.7. The minimum atomic E-state index is -0.478. The Kier molecular flexibility index (Phi) is 5.56. The smallest absolute Gasteiger partial charge is 0.308 e. The van der Waals surface area contributed by atoms with E-state index in [2.05, 4.69) is 25.7 Å². The molecule has 0 atom stereocenters. The number of aromatic nitrogens is 3. The van der Waals surface area contributed by atoms with E-state index in [0.717, 1.165) is 11.1 Å². The van der Waals surface area contributed by atoms with E-state index < -0.39 is 5.91 Å². The Hall–Kier alpha value is -3.68. The molecule has 3 rings (SSSR count). The summed E-state index contributed by atoms with van der Waals surface area (Å²) in [5.41, 5.74) is 4.16. The van der Waals surface area contributed by atoms with Crippen LogP contribution in [0.3, 0.4) is 0 Å². The number of carbonyl (C=O) groups excluding carboxylic acids is 1. The summed E-state index contributed by atoms with van der Waals surface area (Å²) in [5.74, 6) is 0.809. The standard InChI is InChI=1S/C18H17N5O3/c1-25-16-9-14(10-20-23-18(24)17-19-12-21-22-17)7-8-15(16)26-11-13-5-3-2-4-6-13/h2-10,12H,11H2,1H3,(H,23,24)(H,19,21,22)/b20-10+. The Balaban J connectivity index is 1.62. The first-order valence-electron chi connectivity index (χ1n) is 7.80. The first kappa shape index (κ1) is 17.2. The number of carbonyl (C=O) groups is 1. The molecule has 2 N–H and O–H groups in total. The van der Waals surface area contributed by atoms with Crippen molar-refractivity contribution in [3.63, 3.8) is 0 Å². The average molecular weight is 351 g/mol. The van der Waals surface area contributed by atoms with Gasteiger partial charge >= 0.3 is 5.91 Å². The van der Waals surface area contributed by atoms with Crippen LogP contribution in [0.4, 0.5) is 0 Å². The van der Waals surface area contributed by atoms with Gasteiger partial charge in [0.1, 0.15) is 12.9 Å². The lowest BCUT2D eigenvalue weighted by molar-refractivity contribution is 0.0945. The monoisotopic (exact) mass is 351 g/mol. The van der Waals surface area contributed by atoms with Crippen molar-refractivity contribution in [3.05, 3.63) is 71.8 Å². The van der Waals surface area contributed by atoms with Gasteiger partial charge in [0.25, 0.3) is 0 Å². The Bertz CT molecular complexity index is 879. The van der Waals surface area contributed by atoms with Gasteiger partial charge in [-0.3, -0.25) is 9.89 Å². The van der Waals surface area contributed by atoms with E-state index in [0.29, 0.717) is 18.1 Å². The molecule has 132 valence electrons. The Morgan fingerprint density at radius 3 is 2.81 bits per heavy atom. The predicted molar refractivity (Wildman–Crippen MR) is 95.2 cm³/mol. The molecule has 0 radical (unpaired) electrons. The summed E-state index contributed by atoms with van der Waals surface area (Å²) in [6.45, 7) is 0.442. The number of amides is 1. The highest BCUT2D eigenvalue weighted by Crippen LogP contribution is 2.28. The van der Waals surface area contributed by atoms with Crippen LogP contribution >= 0.6 is 0 Å². The van der Waals surface area contributed by atoms with Gasteiger partial charge in [0.2, 0.25) is 5.82 Å². The van der Waals surface area contributed by atoms with E-state index in [1.54, 1.807) is 19.2 Å². The fourth-order valence-electron chi connectivity index (χ4n) is 2.15. The lowest BCUT2D eigenvalue weighted by Crippen LogP contribution is -2.19. The molecule has 0 spiro atoms. The quantitative estimate of drug-likeness (QED) is 0.502. The SMILES string of the molecule is COc1cc(/C=N/NC(=O)c2ncn[nH]2)ccc1OCc1ccccc1. The molecule has 0 fully saturated rings. The van der Waals surface area contributed by atoms with Gasteiger partial charge in [0.15, 0.2) is 11.5 Å². The lowest BCUT2D eigenvalue weighted by atomic mass is 10.2. The summed E-state index contributed by atoms with van der Waals surface area (Å²) >= 11 is 0. The first-order valence-corrected chi connectivity index (χ1v) is 7.80. The normalized spacial score (nSPS) is 10.7. The molecule has 0 aliphatic carbocycles. The molecule has 0 saturated heterocycles. The second-order valence-corrected chi connectivity index (χ2v) is 5.22. The lowest BCUT2D eigenvalue weighted by Gasteiger charge is -2.11. The molecule has 0 saturated carbocycles. The zero-order valence-corrected chi connectivity index (χ0v) is 14.0. The third-order valence-electron chi connectivity index (χ3n) is 3.43. The number of methoxy groups -OCH3 is 1. The molecule has 1 heterocycles. The predicted octanol–water partition coefficient (Wildman–Crippen LogP) is 2.16. The zero-order chi connectivity index (χ0) is 18.2. The number of hydrazone groups is 1. The summed E-state index contributed by atoms with van der Waals surface area (Å²) in [4.78, 5) is 15.4. The van der Waals surface area contributed by atoms with Crippen molar-refractivity contribution in [2.75, 3.05) is 7.11 Å². The number of hydrogen-bond donors (Lipinski definition) is 2. The highest BCUT2D eigenvalue weighted by atomic mass is 16.5. The van der Waals surface area contributed by atoms with Crippen LogP contribution in [0, 0.1) is 0 Å². The number of aromatic amines is 1. The van der Waals surface area contributed by atoms with Crippen LogP contribution in [0.2, 0.25) is 0 Å². The maximum Gasteiger partial charge on any atom is 0.308 e. The second-order valence-electron chi connectivity index (χ2n) is 5.22. The number of nitrogens with zero attached hydrogens (tertiary/aromatic N) is 3. The largest absolute Gasteiger partial charge is 0.493 e. The van der Waals surface area contributed by atoms with E-state index in [9.17, 15) is 4.79 Å². The molecule has 1 amide bonds. The number of benzene rings is 2. The van der Waals surface area contributed by atoms with E-state index in [4.69, 9.17) is 9.47 Å². The molecule has 2 aromatic carbocycles. The zero-order valence-electron chi connectivity index (χ0n) is 14.0. The minimum Gasteiger partial charge on any atom is -0.493 e. The number of H-pyrrole nitrogens is 1. The van der Waals surface area contributed by atoms with Gasteiger partial charge in [-0.05, 0) is 29.3 Å². The van der Waals surface area contributed by atoms with Crippen LogP contribution in [0.1, 0.15) is 21.7 Å². The summed E-state index contributed by atoms with van der Waals surface area (Å²) in [7, 11) is 1.57. The van der Waals surface area contributed by atoms with Gasteiger partial charge in [-0.15, -0.1) is 0 Å². The van der Waals surface area contributed by atoms with Crippen LogP contribution in [0.5, 0.6) is 11.5 Å². The number of hydrogen-bond acceptors (Lipinski definition) is 6. The fraction of sp³-hybridized carbons (Fsp3) is 0.111. The maximum absolute atomic E-state index is 11.7. The number of rotatable bonds is 7. The Morgan fingerprint density at radius 1 is 1.23 bits per heavy atom. The van der Waals surface area contributed by atoms with Crippen molar-refractivity contribution < 1.29 is 14.3 Å². The molecule has 3 aromatic rings. The van der Waals surface area contributed by atoms with E-state index in [1.807, 2.05) is 36.4 Å². The number of nitrogens with one attached hydrogen (secondary N) is 2. The van der Waals surface area contributed by atoms with Crippen molar-refractivity contribution >= 4 is 12.1 Å². The number of ether oxygens (including phenoxy) is 2. The van der Waals surface area contributed by atoms with E-state index in [1.165, 1.54) is 12.5 Å². The van der Waals surface area contributed by atoms with Crippen molar-refractivity contribution in [2.45, 2.75) is 6.61 Å². The molecule has 8 nitrogen and oxygen atoms in total. The minimum absolute atomic E-state index is 0.0874. The molecule has 0 aliphatic heterocycles. The summed E-state index contributed by atoms with van der Waals surface area (Å²) in [6.07, 6.45) is 2.75. The Morgan fingerprint density at radius 2 is 2.08 bits per heavy atom. The highest BCUT2D eigenvalue weighted by Gasteiger charge is 2.07. The van der Waals surface area contributed by atoms with Gasteiger partial charge in [-0.25, -0.2) is 10.4 Å². The summed E-state index contributed by atoms with van der Waals surface area (Å²) in [6, 6.07) is 15.2. The Labute approximate surface area is 149 Å². The van der Waals surface area contributed by atoms with Crippen molar-refractivity contribution in [2.24, 2.45) is 5.10 Å². The first-order chi connectivity index (χ1) is 12.8. The summed E-state index contributed by atoms with van der Waals surface area (Å²) < 4.78 is 11.2. The van der Waals surface area contributed by atoms with Gasteiger partial charge in [0.05, 0.1) is 13.3 Å². The summed E-state index contributed by atoms with van der Waals surface area (Å²) in [5, 5.41) is 9.94. The molecule has 0 unspecified atom stereocenters. The van der Waals surface area contributed by atoms with Gasteiger partial charge in [-0.1, -0.05) is 30.3 Å². The van der Waals surface area contributed by atoms with Crippen LogP contribution in [-0.2, 0) is 6.61 Å². The van der Waals surface area contributed by atoms with E-state index >= 15 is 0 Å². The fourth-order valence-corrected chi connectivity index (χ4v) is 2.15. The van der Waals surface area contributed by atoms with Crippen LogP contribution in [0.25, 0.3) is 0 Å². The van der Waals surface area contributed by atoms with Crippen molar-refractivity contribution in [1.29, 1.82) is 0 Å². The third kappa shape index (κ3) is 4.44. The van der Waals surface area contributed by atoms with Crippen LogP contribution < -0.4 is 14.9 Å². The molecule has 1 aromatic heterocycles. The second kappa shape index (κ2) is 8.43. The van der Waals surface area contributed by atoms with Gasteiger partial charge in [-0.2, -0.15) is 10.2 Å². The molecule has 0 bridgehead atoms. The van der Waals surface area contributed by atoms with Gasteiger partial charge in [0, 0.05) is 0 Å². The molecule has 0 aliphatic rings. The van der Waals surface area contributed by atoms with Crippen LogP contribution in [0.15, 0.2) is 60.0 Å². The topological polar surface area (TPSA) is 101 Å². The van der Waals surface area contributed by atoms with E-state index in [-0.39, 0.29) is 5.82 Å². The molecule has 26 heavy (non-hydrogen) atoms. The van der Waals surface area contributed by atoms with Gasteiger partial charge < -0.3 is 9.47 Å². The molecular weight excluding hydrogens is 334 g/mol. The average Bonchev–Trinajstić information content (AvgIpc) is 3.22. The highest BCUT2D eigenvalue weighted by molar-refractivity contribution is 5.91. The van der Waals surface area contributed by atoms with Crippen molar-refractivity contribution in [1.82, 2.24) is 20.6 Å².